The Labute approximate surface area is 98.1 Å². The van der Waals surface area contributed by atoms with Crippen molar-refractivity contribution < 1.29 is 10.2 Å². The molecule has 2 unspecified atom stereocenters. The van der Waals surface area contributed by atoms with Crippen LogP contribution in [0.4, 0.5) is 0 Å². The first-order chi connectivity index (χ1) is 5.07. The second kappa shape index (κ2) is 4.26. The molecule has 0 heterocycles. The molecule has 0 fully saturated rings. The lowest BCUT2D eigenvalue weighted by atomic mass is 9.86. The Morgan fingerprint density at radius 3 is 1.33 bits per heavy atom. The van der Waals surface area contributed by atoms with Crippen molar-refractivity contribution in [3.63, 3.8) is 0 Å². The lowest BCUT2D eigenvalue weighted by Gasteiger charge is -2.33. The Morgan fingerprint density at radius 1 is 0.917 bits per heavy atom. The third-order valence-corrected chi connectivity index (χ3v) is 2.93. The molecule has 0 spiro atoms. The van der Waals surface area contributed by atoms with E-state index in [-0.39, 0.29) is 5.41 Å². The molecular weight excluding hydrogens is 356 g/mol. The van der Waals surface area contributed by atoms with Crippen LogP contribution in [-0.4, -0.2) is 24.6 Å². The van der Waals surface area contributed by atoms with E-state index < -0.39 is 14.4 Å². The number of hydrogen-bond donors (Lipinski definition) is 2. The minimum absolute atomic E-state index is 0.347. The van der Waals surface area contributed by atoms with E-state index in [0.717, 1.165) is 0 Å². The molecule has 0 aliphatic carbocycles. The summed E-state index contributed by atoms with van der Waals surface area (Å²) in [5.74, 6) is 0. The molecule has 0 amide bonds. The number of aliphatic hydroxyl groups excluding tert-OH is 2. The lowest BCUT2D eigenvalue weighted by Crippen LogP contribution is -2.44. The van der Waals surface area contributed by atoms with Gasteiger partial charge < -0.3 is 10.2 Å². The van der Waals surface area contributed by atoms with E-state index in [0.29, 0.717) is 0 Å². The van der Waals surface area contributed by atoms with Gasteiger partial charge in [0.25, 0.3) is 0 Å². The molecule has 0 rings (SSSR count). The standard InChI is InChI=1S/C7H13Br3O2/c1-6(2,3)4(11)5(12)7(8,9)10/h4-5,11-12H,1-3H3. The van der Waals surface area contributed by atoms with Crippen LogP contribution in [0.3, 0.4) is 0 Å². The second-order valence-corrected chi connectivity index (χ2v) is 10.7. The van der Waals surface area contributed by atoms with Gasteiger partial charge in [-0.3, -0.25) is 0 Å². The van der Waals surface area contributed by atoms with Gasteiger partial charge in [-0.15, -0.1) is 0 Å². The first kappa shape index (κ1) is 13.4. The summed E-state index contributed by atoms with van der Waals surface area (Å²) in [4.78, 5) is 0. The van der Waals surface area contributed by atoms with Crippen molar-refractivity contribution in [2.75, 3.05) is 0 Å². The number of alkyl halides is 3. The highest BCUT2D eigenvalue weighted by molar-refractivity contribution is 9.39. The Morgan fingerprint density at radius 2 is 1.25 bits per heavy atom. The predicted molar refractivity (Wildman–Crippen MR) is 61.0 cm³/mol. The maximum atomic E-state index is 9.65. The average Bonchev–Trinajstić information content (AvgIpc) is 1.80. The van der Waals surface area contributed by atoms with Crippen LogP contribution in [-0.2, 0) is 0 Å². The molecule has 0 aliphatic rings. The van der Waals surface area contributed by atoms with Crippen LogP contribution in [0.25, 0.3) is 0 Å². The zero-order valence-electron chi connectivity index (χ0n) is 7.18. The summed E-state index contributed by atoms with van der Waals surface area (Å²) in [6.45, 7) is 5.58. The quantitative estimate of drug-likeness (QED) is 0.698. The molecule has 0 aromatic carbocycles. The van der Waals surface area contributed by atoms with Crippen LogP contribution in [0.2, 0.25) is 0 Å². The number of halogens is 3. The zero-order chi connectivity index (χ0) is 10.2. The number of rotatable bonds is 1. The summed E-state index contributed by atoms with van der Waals surface area (Å²) >= 11 is 9.48. The van der Waals surface area contributed by atoms with Crippen LogP contribution in [0.15, 0.2) is 0 Å². The number of aliphatic hydroxyl groups is 2. The highest BCUT2D eigenvalue weighted by Crippen LogP contribution is 2.41. The van der Waals surface area contributed by atoms with Crippen molar-refractivity contribution in [2.45, 2.75) is 35.1 Å². The SMILES string of the molecule is CC(C)(C)C(O)C(O)C(Br)(Br)Br. The van der Waals surface area contributed by atoms with Crippen LogP contribution in [0.1, 0.15) is 20.8 Å². The molecule has 2 atom stereocenters. The summed E-state index contributed by atoms with van der Waals surface area (Å²) in [6, 6.07) is 0. The predicted octanol–water partition coefficient (Wildman–Crippen LogP) is 2.59. The van der Waals surface area contributed by atoms with E-state index in [1.165, 1.54) is 0 Å². The number of hydrogen-bond acceptors (Lipinski definition) is 2. The molecule has 2 nitrogen and oxygen atoms in total. The minimum Gasteiger partial charge on any atom is -0.390 e. The van der Waals surface area contributed by atoms with Crippen molar-refractivity contribution in [2.24, 2.45) is 5.41 Å². The average molecular weight is 369 g/mol. The van der Waals surface area contributed by atoms with Crippen molar-refractivity contribution in [1.82, 2.24) is 0 Å². The van der Waals surface area contributed by atoms with E-state index >= 15 is 0 Å². The lowest BCUT2D eigenvalue weighted by molar-refractivity contribution is -0.0374. The molecule has 0 saturated carbocycles. The van der Waals surface area contributed by atoms with Gasteiger partial charge in [0.05, 0.1) is 6.10 Å². The smallest absolute Gasteiger partial charge is 0.163 e. The van der Waals surface area contributed by atoms with E-state index in [4.69, 9.17) is 0 Å². The monoisotopic (exact) mass is 366 g/mol. The minimum atomic E-state index is -0.919. The Hall–Kier alpha value is 1.36. The van der Waals surface area contributed by atoms with Crippen LogP contribution in [0.5, 0.6) is 0 Å². The van der Waals surface area contributed by atoms with Crippen LogP contribution >= 0.6 is 47.8 Å². The summed E-state index contributed by atoms with van der Waals surface area (Å²) in [7, 11) is 0. The van der Waals surface area contributed by atoms with E-state index in [2.05, 4.69) is 47.8 Å². The first-order valence-corrected chi connectivity index (χ1v) is 5.87. The zero-order valence-corrected chi connectivity index (χ0v) is 11.9. The van der Waals surface area contributed by atoms with Gasteiger partial charge in [-0.1, -0.05) is 68.6 Å². The van der Waals surface area contributed by atoms with Crippen LogP contribution in [0, 0.1) is 5.41 Å². The molecule has 12 heavy (non-hydrogen) atoms. The normalized spacial score (nSPS) is 19.0. The van der Waals surface area contributed by atoms with Crippen LogP contribution < -0.4 is 0 Å². The molecule has 0 aromatic heterocycles. The van der Waals surface area contributed by atoms with Gasteiger partial charge in [0.1, 0.15) is 6.10 Å². The first-order valence-electron chi connectivity index (χ1n) is 3.49. The maximum absolute atomic E-state index is 9.65. The maximum Gasteiger partial charge on any atom is 0.163 e. The Bertz CT molecular complexity index is 130. The van der Waals surface area contributed by atoms with Gasteiger partial charge in [-0.2, -0.15) is 0 Å². The van der Waals surface area contributed by atoms with E-state index in [9.17, 15) is 10.2 Å². The van der Waals surface area contributed by atoms with Crippen molar-refractivity contribution in [3.05, 3.63) is 0 Å². The highest BCUT2D eigenvalue weighted by Gasteiger charge is 2.40. The fourth-order valence-corrected chi connectivity index (χ4v) is 1.40. The van der Waals surface area contributed by atoms with Crippen molar-refractivity contribution in [3.8, 4) is 0 Å². The van der Waals surface area contributed by atoms with E-state index in [1.54, 1.807) is 0 Å². The third kappa shape index (κ3) is 4.05. The molecule has 5 heteroatoms. The second-order valence-electron chi connectivity index (χ2n) is 3.80. The van der Waals surface area contributed by atoms with Gasteiger partial charge in [0.15, 0.2) is 2.14 Å². The largest absolute Gasteiger partial charge is 0.390 e. The fraction of sp³-hybridized carbons (Fsp3) is 1.00. The molecule has 0 aromatic rings. The van der Waals surface area contributed by atoms with Gasteiger partial charge in [0, 0.05) is 0 Å². The summed E-state index contributed by atoms with van der Waals surface area (Å²) < 4.78 is -0.820. The van der Waals surface area contributed by atoms with Gasteiger partial charge in [-0.25, -0.2) is 0 Å². The molecule has 0 saturated heterocycles. The van der Waals surface area contributed by atoms with Gasteiger partial charge in [-0.05, 0) is 5.41 Å². The third-order valence-electron chi connectivity index (χ3n) is 1.52. The summed E-state index contributed by atoms with van der Waals surface area (Å²) in [5.41, 5.74) is -0.347. The molecule has 74 valence electrons. The van der Waals surface area contributed by atoms with Gasteiger partial charge in [0.2, 0.25) is 0 Å². The topological polar surface area (TPSA) is 40.5 Å². The van der Waals surface area contributed by atoms with E-state index in [1.807, 2.05) is 20.8 Å². The Kier molecular flexibility index (Phi) is 4.74. The van der Waals surface area contributed by atoms with Crippen molar-refractivity contribution in [1.29, 1.82) is 0 Å². The molecule has 0 bridgehead atoms. The fourth-order valence-electron chi connectivity index (χ4n) is 0.653. The molecular formula is C7H13Br3O2. The Balaban J connectivity index is 4.41. The highest BCUT2D eigenvalue weighted by atomic mass is 80.0. The van der Waals surface area contributed by atoms with Crippen molar-refractivity contribution >= 4 is 47.8 Å². The molecule has 2 N–H and O–H groups in total. The van der Waals surface area contributed by atoms with Gasteiger partial charge >= 0.3 is 0 Å². The summed E-state index contributed by atoms with van der Waals surface area (Å²) in [6.07, 6.45) is -1.73. The summed E-state index contributed by atoms with van der Waals surface area (Å²) in [5, 5.41) is 19.2. The molecule has 0 radical (unpaired) electrons. The molecule has 0 aliphatic heterocycles.